The van der Waals surface area contributed by atoms with Gasteiger partial charge in [0.2, 0.25) is 5.95 Å². The van der Waals surface area contributed by atoms with Gasteiger partial charge < -0.3 is 14.5 Å². The van der Waals surface area contributed by atoms with Crippen molar-refractivity contribution in [2.45, 2.75) is 57.1 Å². The fraction of sp³-hybridized carbons (Fsp3) is 0.577. The van der Waals surface area contributed by atoms with E-state index in [0.717, 1.165) is 70.0 Å². The van der Waals surface area contributed by atoms with E-state index in [4.69, 9.17) is 9.72 Å². The van der Waals surface area contributed by atoms with Gasteiger partial charge in [-0.1, -0.05) is 30.3 Å². The zero-order valence-electron chi connectivity index (χ0n) is 19.5. The third-order valence-corrected chi connectivity index (χ3v) is 7.27. The highest BCUT2D eigenvalue weighted by molar-refractivity contribution is 5.70. The van der Waals surface area contributed by atoms with Gasteiger partial charge in [0, 0.05) is 45.3 Å². The standard InChI is InChI=1S/C26H35N5O2/c32-25-31(18-11-22-8-3-1-4-9-22)21-26(33-25)12-7-15-29(19-13-26)20-23-10-14-27-24(28-23)30-16-5-2-6-17-30/h1,3-4,8-10,14H,2,5-7,11-13,15-21H2/t26-/m0/s1. The van der Waals surface area contributed by atoms with E-state index in [1.165, 1.54) is 24.8 Å². The summed E-state index contributed by atoms with van der Waals surface area (Å²) >= 11 is 0. The number of nitrogens with zero attached hydrogens (tertiary/aromatic N) is 5. The van der Waals surface area contributed by atoms with Crippen molar-refractivity contribution < 1.29 is 9.53 Å². The second kappa shape index (κ2) is 10.1. The minimum Gasteiger partial charge on any atom is -0.441 e. The monoisotopic (exact) mass is 449 g/mol. The van der Waals surface area contributed by atoms with Gasteiger partial charge in [-0.05, 0) is 56.7 Å². The van der Waals surface area contributed by atoms with Crippen LogP contribution in [0.5, 0.6) is 0 Å². The maximum Gasteiger partial charge on any atom is 0.410 e. The molecule has 1 spiro atoms. The zero-order valence-corrected chi connectivity index (χ0v) is 19.5. The molecule has 3 aliphatic heterocycles. The lowest BCUT2D eigenvalue weighted by Crippen LogP contribution is -2.36. The Bertz CT molecular complexity index is 933. The zero-order chi connectivity index (χ0) is 22.5. The summed E-state index contributed by atoms with van der Waals surface area (Å²) in [5.74, 6) is 0.872. The van der Waals surface area contributed by atoms with E-state index in [1.807, 2.05) is 35.4 Å². The Kier molecular flexibility index (Phi) is 6.76. The molecule has 1 aromatic heterocycles. The van der Waals surface area contributed by atoms with Crippen LogP contribution < -0.4 is 4.90 Å². The molecule has 1 atom stereocenters. The summed E-state index contributed by atoms with van der Waals surface area (Å²) in [6.45, 7) is 6.29. The number of carbonyl (C=O) groups is 1. The van der Waals surface area contributed by atoms with E-state index in [1.54, 1.807) is 0 Å². The number of carbonyl (C=O) groups excluding carboxylic acids is 1. The molecule has 5 rings (SSSR count). The van der Waals surface area contributed by atoms with Crippen molar-refractivity contribution >= 4 is 12.0 Å². The molecule has 7 heteroatoms. The van der Waals surface area contributed by atoms with Gasteiger partial charge in [0.25, 0.3) is 0 Å². The maximum absolute atomic E-state index is 12.6. The van der Waals surface area contributed by atoms with E-state index in [-0.39, 0.29) is 11.7 Å². The molecule has 4 heterocycles. The molecule has 3 aliphatic rings. The molecule has 0 unspecified atom stereocenters. The van der Waals surface area contributed by atoms with Gasteiger partial charge in [-0.2, -0.15) is 0 Å². The predicted octanol–water partition coefficient (Wildman–Crippen LogP) is 3.89. The number of hydrogen-bond donors (Lipinski definition) is 0. The summed E-state index contributed by atoms with van der Waals surface area (Å²) in [5.41, 5.74) is 1.99. The van der Waals surface area contributed by atoms with E-state index in [2.05, 4.69) is 26.9 Å². The molecule has 176 valence electrons. The van der Waals surface area contributed by atoms with Gasteiger partial charge in [-0.3, -0.25) is 4.90 Å². The Morgan fingerprint density at radius 3 is 2.64 bits per heavy atom. The van der Waals surface area contributed by atoms with E-state index < -0.39 is 0 Å². The molecule has 0 aliphatic carbocycles. The summed E-state index contributed by atoms with van der Waals surface area (Å²) < 4.78 is 6.00. The van der Waals surface area contributed by atoms with Gasteiger partial charge in [0.05, 0.1) is 12.2 Å². The Hall–Kier alpha value is -2.67. The number of likely N-dealkylation sites (tertiary alicyclic amines) is 1. The minimum atomic E-state index is -0.340. The lowest BCUT2D eigenvalue weighted by molar-refractivity contribution is 0.0442. The molecular weight excluding hydrogens is 414 g/mol. The fourth-order valence-corrected chi connectivity index (χ4v) is 5.36. The summed E-state index contributed by atoms with van der Waals surface area (Å²) in [6, 6.07) is 12.4. The van der Waals surface area contributed by atoms with Crippen LogP contribution in [0.2, 0.25) is 0 Å². The van der Waals surface area contributed by atoms with Gasteiger partial charge >= 0.3 is 6.09 Å². The van der Waals surface area contributed by atoms with Crippen LogP contribution in [-0.2, 0) is 17.7 Å². The highest BCUT2D eigenvalue weighted by atomic mass is 16.6. The number of aromatic nitrogens is 2. The van der Waals surface area contributed by atoms with Crippen LogP contribution in [-0.4, -0.2) is 70.7 Å². The molecule has 3 saturated heterocycles. The third kappa shape index (κ3) is 5.46. The van der Waals surface area contributed by atoms with Crippen molar-refractivity contribution in [3.8, 4) is 0 Å². The molecule has 0 radical (unpaired) electrons. The quantitative estimate of drug-likeness (QED) is 0.667. The first-order valence-corrected chi connectivity index (χ1v) is 12.5. The summed E-state index contributed by atoms with van der Waals surface area (Å²) in [5, 5.41) is 0. The largest absolute Gasteiger partial charge is 0.441 e. The fourth-order valence-electron chi connectivity index (χ4n) is 5.36. The van der Waals surface area contributed by atoms with Crippen molar-refractivity contribution in [1.29, 1.82) is 0 Å². The Morgan fingerprint density at radius 1 is 0.939 bits per heavy atom. The van der Waals surface area contributed by atoms with Crippen LogP contribution in [0.4, 0.5) is 10.7 Å². The van der Waals surface area contributed by atoms with Crippen LogP contribution in [0, 0.1) is 0 Å². The summed E-state index contributed by atoms with van der Waals surface area (Å²) in [7, 11) is 0. The number of anilines is 1. The molecule has 0 saturated carbocycles. The average Bonchev–Trinajstić information content (AvgIpc) is 3.04. The Morgan fingerprint density at radius 2 is 1.79 bits per heavy atom. The summed E-state index contributed by atoms with van der Waals surface area (Å²) in [6.07, 6.45) is 9.21. The van der Waals surface area contributed by atoms with Gasteiger partial charge in [-0.25, -0.2) is 14.8 Å². The smallest absolute Gasteiger partial charge is 0.410 e. The van der Waals surface area contributed by atoms with Crippen LogP contribution in [0.3, 0.4) is 0 Å². The second-order valence-electron chi connectivity index (χ2n) is 9.73. The Labute approximate surface area is 196 Å². The van der Waals surface area contributed by atoms with E-state index in [9.17, 15) is 4.79 Å². The van der Waals surface area contributed by atoms with E-state index in [0.29, 0.717) is 13.1 Å². The van der Waals surface area contributed by atoms with Gasteiger partial charge in [-0.15, -0.1) is 0 Å². The number of rotatable bonds is 6. The SMILES string of the molecule is O=C1O[C@]2(CCCN(Cc3ccnc(N4CCCCC4)n3)CC2)CN1CCc1ccccc1. The van der Waals surface area contributed by atoms with Crippen LogP contribution in [0.15, 0.2) is 42.6 Å². The van der Waals surface area contributed by atoms with Gasteiger partial charge in [0.15, 0.2) is 0 Å². The van der Waals surface area contributed by atoms with Crippen molar-refractivity contribution in [2.24, 2.45) is 0 Å². The van der Waals surface area contributed by atoms with Crippen LogP contribution in [0.25, 0.3) is 0 Å². The molecule has 3 fully saturated rings. The van der Waals surface area contributed by atoms with Crippen molar-refractivity contribution in [3.05, 3.63) is 53.9 Å². The number of amides is 1. The first-order valence-electron chi connectivity index (χ1n) is 12.5. The lowest BCUT2D eigenvalue weighted by atomic mass is 9.95. The average molecular weight is 450 g/mol. The third-order valence-electron chi connectivity index (χ3n) is 7.27. The molecule has 7 nitrogen and oxygen atoms in total. The molecule has 2 aromatic rings. The molecule has 33 heavy (non-hydrogen) atoms. The molecule has 1 aromatic carbocycles. The minimum absolute atomic E-state index is 0.152. The lowest BCUT2D eigenvalue weighted by Gasteiger charge is -2.27. The van der Waals surface area contributed by atoms with Gasteiger partial charge in [0.1, 0.15) is 5.60 Å². The summed E-state index contributed by atoms with van der Waals surface area (Å²) in [4.78, 5) is 28.7. The van der Waals surface area contributed by atoms with Crippen molar-refractivity contribution in [2.75, 3.05) is 44.2 Å². The van der Waals surface area contributed by atoms with Crippen LogP contribution in [0.1, 0.15) is 49.8 Å². The topological polar surface area (TPSA) is 61.8 Å². The normalized spacial score (nSPS) is 24.2. The maximum atomic E-state index is 12.6. The molecule has 0 bridgehead atoms. The molecular formula is C26H35N5O2. The first kappa shape index (κ1) is 22.1. The number of benzene rings is 1. The van der Waals surface area contributed by atoms with Crippen molar-refractivity contribution in [1.82, 2.24) is 19.8 Å². The number of piperidine rings is 1. The highest BCUT2D eigenvalue weighted by Gasteiger charge is 2.45. The molecule has 1 amide bonds. The number of ether oxygens (including phenoxy) is 1. The highest BCUT2D eigenvalue weighted by Crippen LogP contribution is 2.33. The first-order chi connectivity index (χ1) is 16.2. The van der Waals surface area contributed by atoms with Crippen LogP contribution >= 0.6 is 0 Å². The second-order valence-corrected chi connectivity index (χ2v) is 9.73. The Balaban J connectivity index is 1.16. The molecule has 0 N–H and O–H groups in total. The predicted molar refractivity (Wildman–Crippen MR) is 128 cm³/mol. The van der Waals surface area contributed by atoms with Crippen molar-refractivity contribution in [3.63, 3.8) is 0 Å². The van der Waals surface area contributed by atoms with E-state index >= 15 is 0 Å². The number of hydrogen-bond acceptors (Lipinski definition) is 6.